The Morgan fingerprint density at radius 2 is 2.05 bits per heavy atom. The Morgan fingerprint density at radius 1 is 1.33 bits per heavy atom. The van der Waals surface area contributed by atoms with Gasteiger partial charge in [0.2, 0.25) is 0 Å². The first-order chi connectivity index (χ1) is 10.1. The first-order valence-corrected chi connectivity index (χ1v) is 7.36. The Kier molecular flexibility index (Phi) is 3.71. The molecule has 2 aliphatic rings. The first-order valence-electron chi connectivity index (χ1n) is 7.36. The minimum atomic E-state index is -0.0597. The second-order valence-electron chi connectivity index (χ2n) is 6.17. The van der Waals surface area contributed by atoms with Gasteiger partial charge in [0, 0.05) is 45.8 Å². The van der Waals surface area contributed by atoms with Gasteiger partial charge in [-0.05, 0) is 25.0 Å². The molecule has 3 heterocycles. The van der Waals surface area contributed by atoms with Gasteiger partial charge < -0.3 is 14.5 Å². The predicted molar refractivity (Wildman–Crippen MR) is 81.6 cm³/mol. The number of nitrogens with zero attached hydrogens (tertiary/aromatic N) is 3. The molecule has 0 aliphatic carbocycles. The van der Waals surface area contributed by atoms with Crippen molar-refractivity contribution >= 4 is 17.7 Å². The number of anilines is 2. The first kappa shape index (κ1) is 14.1. The maximum atomic E-state index is 12.2. The van der Waals surface area contributed by atoms with Crippen LogP contribution in [0.3, 0.4) is 0 Å². The van der Waals surface area contributed by atoms with Crippen molar-refractivity contribution in [3.8, 4) is 0 Å². The van der Waals surface area contributed by atoms with Crippen LogP contribution in [0.4, 0.5) is 16.4 Å². The summed E-state index contributed by atoms with van der Waals surface area (Å²) in [6.07, 6.45) is 2.12. The van der Waals surface area contributed by atoms with Crippen molar-refractivity contribution in [2.24, 2.45) is 5.41 Å². The Bertz CT molecular complexity index is 518. The van der Waals surface area contributed by atoms with E-state index >= 15 is 0 Å². The number of pyridine rings is 1. The number of aromatic nitrogens is 1. The van der Waals surface area contributed by atoms with E-state index in [1.54, 1.807) is 0 Å². The van der Waals surface area contributed by atoms with Gasteiger partial charge in [-0.15, -0.1) is 0 Å². The molecule has 0 atom stereocenters. The molecule has 0 saturated carbocycles. The molecule has 2 saturated heterocycles. The number of amides is 2. The van der Waals surface area contributed by atoms with Gasteiger partial charge >= 0.3 is 6.03 Å². The third kappa shape index (κ3) is 2.95. The third-order valence-corrected chi connectivity index (χ3v) is 4.32. The average Bonchev–Trinajstić information content (AvgIpc) is 2.45. The molecule has 1 N–H and O–H groups in total. The van der Waals surface area contributed by atoms with Crippen LogP contribution in [0.25, 0.3) is 0 Å². The zero-order valence-corrected chi connectivity index (χ0v) is 12.6. The zero-order chi connectivity index (χ0) is 14.9. The van der Waals surface area contributed by atoms with Gasteiger partial charge in [-0.25, -0.2) is 9.78 Å². The molecule has 0 aromatic carbocycles. The minimum Gasteiger partial charge on any atom is -0.381 e. The summed E-state index contributed by atoms with van der Waals surface area (Å²) in [5.74, 6) is 1.43. The lowest BCUT2D eigenvalue weighted by atomic mass is 9.73. The highest BCUT2D eigenvalue weighted by molar-refractivity contribution is 5.89. The van der Waals surface area contributed by atoms with Gasteiger partial charge in [0.15, 0.2) is 0 Å². The summed E-state index contributed by atoms with van der Waals surface area (Å²) < 4.78 is 5.39. The van der Waals surface area contributed by atoms with Crippen LogP contribution in [-0.2, 0) is 4.74 Å². The molecule has 1 aromatic heterocycles. The molecule has 6 nitrogen and oxygen atoms in total. The number of urea groups is 1. The largest absolute Gasteiger partial charge is 0.381 e. The normalized spacial score (nSPS) is 20.0. The molecule has 1 aromatic rings. The van der Waals surface area contributed by atoms with E-state index in [1.165, 1.54) is 0 Å². The average molecular weight is 290 g/mol. The van der Waals surface area contributed by atoms with Crippen LogP contribution in [0.5, 0.6) is 0 Å². The Hall–Kier alpha value is -1.82. The Balaban J connectivity index is 1.57. The number of hydrogen-bond donors (Lipinski definition) is 1. The molecule has 3 rings (SSSR count). The van der Waals surface area contributed by atoms with Crippen LogP contribution in [0.1, 0.15) is 12.8 Å². The molecule has 6 heteroatoms. The van der Waals surface area contributed by atoms with Crippen molar-refractivity contribution in [2.45, 2.75) is 12.8 Å². The summed E-state index contributed by atoms with van der Waals surface area (Å²) in [6, 6.07) is 5.56. The van der Waals surface area contributed by atoms with Gasteiger partial charge in [-0.3, -0.25) is 5.32 Å². The Labute approximate surface area is 125 Å². The van der Waals surface area contributed by atoms with Crippen LogP contribution < -0.4 is 10.2 Å². The van der Waals surface area contributed by atoms with E-state index in [9.17, 15) is 4.79 Å². The number of nitrogens with one attached hydrogen (secondary N) is 1. The fraction of sp³-hybridized carbons (Fsp3) is 0.600. The van der Waals surface area contributed by atoms with Gasteiger partial charge in [0.05, 0.1) is 0 Å². The second kappa shape index (κ2) is 5.52. The van der Waals surface area contributed by atoms with Crippen molar-refractivity contribution in [3.63, 3.8) is 0 Å². The summed E-state index contributed by atoms with van der Waals surface area (Å²) in [5, 5.41) is 2.88. The van der Waals surface area contributed by atoms with E-state index in [0.29, 0.717) is 11.2 Å². The van der Waals surface area contributed by atoms with Crippen LogP contribution in [0, 0.1) is 5.41 Å². The maximum Gasteiger partial charge on any atom is 0.323 e. The smallest absolute Gasteiger partial charge is 0.323 e. The van der Waals surface area contributed by atoms with Crippen LogP contribution in [0.2, 0.25) is 0 Å². The fourth-order valence-electron chi connectivity index (χ4n) is 2.96. The van der Waals surface area contributed by atoms with Crippen molar-refractivity contribution in [3.05, 3.63) is 18.2 Å². The molecular formula is C15H22N4O2. The lowest BCUT2D eigenvalue weighted by Crippen LogP contribution is -2.61. The second-order valence-corrected chi connectivity index (χ2v) is 6.17. The highest BCUT2D eigenvalue weighted by Gasteiger charge is 2.45. The molecule has 2 fully saturated rings. The molecule has 21 heavy (non-hydrogen) atoms. The lowest BCUT2D eigenvalue weighted by molar-refractivity contribution is -0.0596. The highest BCUT2D eigenvalue weighted by Crippen LogP contribution is 2.39. The number of hydrogen-bond acceptors (Lipinski definition) is 4. The van der Waals surface area contributed by atoms with E-state index in [4.69, 9.17) is 4.74 Å². The van der Waals surface area contributed by atoms with E-state index in [2.05, 4.69) is 10.3 Å². The molecule has 2 aliphatic heterocycles. The van der Waals surface area contributed by atoms with Gasteiger partial charge in [-0.2, -0.15) is 0 Å². The van der Waals surface area contributed by atoms with E-state index in [-0.39, 0.29) is 6.03 Å². The van der Waals surface area contributed by atoms with Gasteiger partial charge in [0.1, 0.15) is 11.6 Å². The number of carbonyl (C=O) groups is 1. The topological polar surface area (TPSA) is 57.7 Å². The lowest BCUT2D eigenvalue weighted by Gasteiger charge is -2.51. The number of ether oxygens (including phenoxy) is 1. The quantitative estimate of drug-likeness (QED) is 0.902. The van der Waals surface area contributed by atoms with Crippen LogP contribution >= 0.6 is 0 Å². The standard InChI is InChI=1S/C15H22N4O2/c1-18(2)13-5-3-4-12(16-13)17-14(20)19-10-15(11-19)6-8-21-9-7-15/h3-5H,6-11H2,1-2H3,(H,16,17,20). The van der Waals surface area contributed by atoms with Crippen LogP contribution in [-0.4, -0.2) is 56.3 Å². The van der Waals surface area contributed by atoms with Crippen LogP contribution in [0.15, 0.2) is 18.2 Å². The number of rotatable bonds is 2. The molecule has 0 unspecified atom stereocenters. The van der Waals surface area contributed by atoms with Gasteiger partial charge in [-0.1, -0.05) is 6.07 Å². The summed E-state index contributed by atoms with van der Waals surface area (Å²) in [5.41, 5.74) is 0.300. The summed E-state index contributed by atoms with van der Waals surface area (Å²) in [6.45, 7) is 3.30. The summed E-state index contributed by atoms with van der Waals surface area (Å²) in [4.78, 5) is 20.4. The number of likely N-dealkylation sites (tertiary alicyclic amines) is 1. The van der Waals surface area contributed by atoms with E-state index in [0.717, 1.165) is 45.0 Å². The van der Waals surface area contributed by atoms with Gasteiger partial charge in [0.25, 0.3) is 0 Å². The van der Waals surface area contributed by atoms with Crippen molar-refractivity contribution in [1.29, 1.82) is 0 Å². The third-order valence-electron chi connectivity index (χ3n) is 4.32. The Morgan fingerprint density at radius 3 is 2.71 bits per heavy atom. The molecule has 0 radical (unpaired) electrons. The maximum absolute atomic E-state index is 12.2. The minimum absolute atomic E-state index is 0.0597. The number of carbonyl (C=O) groups excluding carboxylic acids is 1. The summed E-state index contributed by atoms with van der Waals surface area (Å²) in [7, 11) is 3.86. The highest BCUT2D eigenvalue weighted by atomic mass is 16.5. The predicted octanol–water partition coefficient (Wildman–Crippen LogP) is 1.79. The van der Waals surface area contributed by atoms with Crippen molar-refractivity contribution in [1.82, 2.24) is 9.88 Å². The van der Waals surface area contributed by atoms with Crippen molar-refractivity contribution < 1.29 is 9.53 Å². The molecule has 2 amide bonds. The van der Waals surface area contributed by atoms with E-state index in [1.807, 2.05) is 42.1 Å². The SMILES string of the molecule is CN(C)c1cccc(NC(=O)N2CC3(CCOCC3)C2)n1. The van der Waals surface area contributed by atoms with E-state index < -0.39 is 0 Å². The molecular weight excluding hydrogens is 268 g/mol. The van der Waals surface area contributed by atoms with Crippen molar-refractivity contribution in [2.75, 3.05) is 50.6 Å². The summed E-state index contributed by atoms with van der Waals surface area (Å²) >= 11 is 0. The monoisotopic (exact) mass is 290 g/mol. The zero-order valence-electron chi connectivity index (χ0n) is 12.6. The molecule has 0 bridgehead atoms. The molecule has 114 valence electrons. The molecule has 1 spiro atoms. The fourth-order valence-corrected chi connectivity index (χ4v) is 2.96.